The first-order chi connectivity index (χ1) is 16.5. The van der Waals surface area contributed by atoms with Crippen LogP contribution in [-0.2, 0) is 14.9 Å². The van der Waals surface area contributed by atoms with Gasteiger partial charge in [-0.15, -0.1) is 0 Å². The molecule has 0 saturated carbocycles. The van der Waals surface area contributed by atoms with Gasteiger partial charge in [-0.1, -0.05) is 48.0 Å². The van der Waals surface area contributed by atoms with E-state index >= 15 is 0 Å². The molecule has 0 unspecified atom stereocenters. The van der Waals surface area contributed by atoms with E-state index in [1.807, 2.05) is 17.0 Å². The molecule has 3 aliphatic rings. The number of anilines is 1. The quantitative estimate of drug-likeness (QED) is 0.739. The highest BCUT2D eigenvalue weighted by Gasteiger charge is 2.48. The second-order valence-corrected chi connectivity index (χ2v) is 10.4. The van der Waals surface area contributed by atoms with Gasteiger partial charge in [0.05, 0.1) is 17.6 Å². The first-order valence-electron chi connectivity index (χ1n) is 12.7. The first kappa shape index (κ1) is 23.3. The Kier molecular flexibility index (Phi) is 6.65. The summed E-state index contributed by atoms with van der Waals surface area (Å²) in [6, 6.07) is 18.9. The summed E-state index contributed by atoms with van der Waals surface area (Å²) >= 11 is 0. The minimum atomic E-state index is -0.844. The number of piperazine rings is 1. The largest absolute Gasteiger partial charge is 0.387 e. The number of para-hydroxylation sites is 1. The number of nitrogens with zero attached hydrogens (tertiary/aromatic N) is 3. The van der Waals surface area contributed by atoms with Crippen molar-refractivity contribution in [2.75, 3.05) is 63.9 Å². The Morgan fingerprint density at radius 2 is 1.68 bits per heavy atom. The standard InChI is InChI=1S/C28H37N3O3/c1-23-6-5-7-24(20-23)28(11-18-34-19-12-28)26(32)31-13-10-27(33,22-31)21-29-14-16-30(17-15-29)25-8-3-2-4-9-25/h2-9,20,33H,10-19,21-22H2,1H3/t27-/m0/s1. The van der Waals surface area contributed by atoms with Crippen molar-refractivity contribution in [2.45, 2.75) is 37.2 Å². The van der Waals surface area contributed by atoms with Gasteiger partial charge in [0.25, 0.3) is 0 Å². The number of carbonyl (C=O) groups is 1. The Balaban J connectivity index is 1.23. The summed E-state index contributed by atoms with van der Waals surface area (Å²) in [7, 11) is 0. The molecule has 5 rings (SSSR count). The van der Waals surface area contributed by atoms with Crippen LogP contribution in [-0.4, -0.2) is 85.4 Å². The van der Waals surface area contributed by atoms with E-state index in [0.717, 1.165) is 31.7 Å². The normalized spacial score (nSPS) is 25.5. The van der Waals surface area contributed by atoms with Crippen LogP contribution in [0.5, 0.6) is 0 Å². The van der Waals surface area contributed by atoms with Crippen LogP contribution in [0.2, 0.25) is 0 Å². The molecule has 6 heteroatoms. The Labute approximate surface area is 203 Å². The van der Waals surface area contributed by atoms with Gasteiger partial charge in [0, 0.05) is 58.2 Å². The molecule has 0 bridgehead atoms. The number of likely N-dealkylation sites (tertiary alicyclic amines) is 1. The van der Waals surface area contributed by atoms with Gasteiger partial charge >= 0.3 is 0 Å². The van der Waals surface area contributed by atoms with Gasteiger partial charge in [-0.3, -0.25) is 9.69 Å². The number of aliphatic hydroxyl groups is 1. The van der Waals surface area contributed by atoms with E-state index in [9.17, 15) is 9.90 Å². The third-order valence-corrected chi connectivity index (χ3v) is 7.96. The molecule has 0 aromatic heterocycles. The number of rotatable bonds is 5. The summed E-state index contributed by atoms with van der Waals surface area (Å²) in [5.74, 6) is 0.159. The van der Waals surface area contributed by atoms with Crippen LogP contribution in [0.25, 0.3) is 0 Å². The maximum Gasteiger partial charge on any atom is 0.233 e. The van der Waals surface area contributed by atoms with Crippen molar-refractivity contribution < 1.29 is 14.6 Å². The zero-order chi connectivity index (χ0) is 23.6. The van der Waals surface area contributed by atoms with Crippen LogP contribution in [0.15, 0.2) is 54.6 Å². The number of hydrogen-bond acceptors (Lipinski definition) is 5. The van der Waals surface area contributed by atoms with Crippen LogP contribution in [0.3, 0.4) is 0 Å². The van der Waals surface area contributed by atoms with Crippen molar-refractivity contribution in [3.8, 4) is 0 Å². The number of benzene rings is 2. The molecular formula is C28H37N3O3. The van der Waals surface area contributed by atoms with Crippen molar-refractivity contribution in [1.29, 1.82) is 0 Å². The molecule has 1 N–H and O–H groups in total. The molecule has 2 aromatic carbocycles. The molecule has 3 aliphatic heterocycles. The number of amides is 1. The summed E-state index contributed by atoms with van der Waals surface area (Å²) in [4.78, 5) is 20.6. The highest BCUT2D eigenvalue weighted by Crippen LogP contribution is 2.39. The summed E-state index contributed by atoms with van der Waals surface area (Å²) in [6.07, 6.45) is 2.04. The molecule has 1 amide bonds. The molecule has 3 fully saturated rings. The van der Waals surface area contributed by atoms with Crippen LogP contribution in [0, 0.1) is 6.92 Å². The Morgan fingerprint density at radius 1 is 0.941 bits per heavy atom. The summed E-state index contributed by atoms with van der Waals surface area (Å²) in [5.41, 5.74) is 2.13. The summed E-state index contributed by atoms with van der Waals surface area (Å²) < 4.78 is 5.64. The molecule has 0 spiro atoms. The average molecular weight is 464 g/mol. The smallest absolute Gasteiger partial charge is 0.233 e. The van der Waals surface area contributed by atoms with E-state index < -0.39 is 11.0 Å². The highest BCUT2D eigenvalue weighted by molar-refractivity contribution is 5.89. The maximum absolute atomic E-state index is 14.0. The van der Waals surface area contributed by atoms with Crippen LogP contribution in [0.4, 0.5) is 5.69 Å². The molecule has 182 valence electrons. The van der Waals surface area contributed by atoms with E-state index in [-0.39, 0.29) is 5.91 Å². The molecular weight excluding hydrogens is 426 g/mol. The van der Waals surface area contributed by atoms with Gasteiger partial charge in [-0.25, -0.2) is 0 Å². The number of β-amino-alcohol motifs (C(OH)–C–C–N with tert-alkyl or cyclic N) is 1. The zero-order valence-corrected chi connectivity index (χ0v) is 20.3. The van der Waals surface area contributed by atoms with Crippen molar-refractivity contribution >= 4 is 11.6 Å². The lowest BCUT2D eigenvalue weighted by Crippen LogP contribution is -2.54. The van der Waals surface area contributed by atoms with E-state index in [4.69, 9.17) is 4.74 Å². The van der Waals surface area contributed by atoms with Crippen molar-refractivity contribution in [2.24, 2.45) is 0 Å². The van der Waals surface area contributed by atoms with E-state index in [1.165, 1.54) is 11.3 Å². The molecule has 2 aromatic rings. The molecule has 0 radical (unpaired) electrons. The SMILES string of the molecule is Cc1cccc(C2(C(=O)N3CC[C@](O)(CN4CCN(c5ccccc5)CC4)C3)CCOCC2)c1. The highest BCUT2D eigenvalue weighted by atomic mass is 16.5. The van der Waals surface area contributed by atoms with Gasteiger partial charge in [-0.05, 0) is 43.9 Å². The Morgan fingerprint density at radius 3 is 2.38 bits per heavy atom. The Hall–Kier alpha value is -2.41. The van der Waals surface area contributed by atoms with Crippen LogP contribution in [0.1, 0.15) is 30.4 Å². The van der Waals surface area contributed by atoms with Gasteiger partial charge < -0.3 is 19.6 Å². The second-order valence-electron chi connectivity index (χ2n) is 10.4. The average Bonchev–Trinajstić information content (AvgIpc) is 3.26. The maximum atomic E-state index is 14.0. The van der Waals surface area contributed by atoms with E-state index in [1.54, 1.807) is 0 Å². The van der Waals surface area contributed by atoms with Crippen molar-refractivity contribution in [3.05, 3.63) is 65.7 Å². The monoisotopic (exact) mass is 463 g/mol. The van der Waals surface area contributed by atoms with Gasteiger partial charge in [0.15, 0.2) is 0 Å². The summed E-state index contributed by atoms with van der Waals surface area (Å²) in [6.45, 7) is 8.71. The number of aryl methyl sites for hydroxylation is 1. The molecule has 1 atom stereocenters. The van der Waals surface area contributed by atoms with E-state index in [2.05, 4.69) is 59.2 Å². The molecule has 6 nitrogen and oxygen atoms in total. The fraction of sp³-hybridized carbons (Fsp3) is 0.536. The van der Waals surface area contributed by atoms with Crippen LogP contribution >= 0.6 is 0 Å². The minimum Gasteiger partial charge on any atom is -0.387 e. The van der Waals surface area contributed by atoms with Crippen molar-refractivity contribution in [1.82, 2.24) is 9.80 Å². The molecule has 0 aliphatic carbocycles. The van der Waals surface area contributed by atoms with Crippen LogP contribution < -0.4 is 4.90 Å². The van der Waals surface area contributed by atoms with E-state index in [0.29, 0.717) is 52.1 Å². The minimum absolute atomic E-state index is 0.159. The molecule has 3 heterocycles. The lowest BCUT2D eigenvalue weighted by Gasteiger charge is -2.40. The van der Waals surface area contributed by atoms with Crippen molar-refractivity contribution in [3.63, 3.8) is 0 Å². The first-order valence-corrected chi connectivity index (χ1v) is 12.7. The fourth-order valence-electron chi connectivity index (χ4n) is 5.97. The van der Waals surface area contributed by atoms with Gasteiger partial charge in [0.2, 0.25) is 5.91 Å². The third-order valence-electron chi connectivity index (χ3n) is 7.96. The number of hydrogen-bond donors (Lipinski definition) is 1. The van der Waals surface area contributed by atoms with Gasteiger partial charge in [0.1, 0.15) is 0 Å². The third kappa shape index (κ3) is 4.72. The van der Waals surface area contributed by atoms with Gasteiger partial charge in [-0.2, -0.15) is 0 Å². The lowest BCUT2D eigenvalue weighted by atomic mass is 9.72. The fourth-order valence-corrected chi connectivity index (χ4v) is 5.97. The number of ether oxygens (including phenoxy) is 1. The second kappa shape index (κ2) is 9.68. The number of carbonyl (C=O) groups excluding carboxylic acids is 1. The molecule has 34 heavy (non-hydrogen) atoms. The molecule has 3 saturated heterocycles. The zero-order valence-electron chi connectivity index (χ0n) is 20.3. The lowest BCUT2D eigenvalue weighted by molar-refractivity contribution is -0.141. The predicted octanol–water partition coefficient (Wildman–Crippen LogP) is 2.83. The predicted molar refractivity (Wildman–Crippen MR) is 134 cm³/mol. The summed E-state index contributed by atoms with van der Waals surface area (Å²) in [5, 5.41) is 11.5. The Bertz CT molecular complexity index is 983. The topological polar surface area (TPSA) is 56.3 Å².